The molecule has 23 heavy (non-hydrogen) atoms. The second-order valence-corrected chi connectivity index (χ2v) is 6.68. The molecule has 1 aliphatic carbocycles. The van der Waals surface area contributed by atoms with E-state index in [1.165, 1.54) is 0 Å². The smallest absolute Gasteiger partial charge is 0.317 e. The monoisotopic (exact) mass is 321 g/mol. The Labute approximate surface area is 137 Å². The lowest BCUT2D eigenvalue weighted by Gasteiger charge is -2.44. The molecule has 128 valence electrons. The normalized spacial score (nSPS) is 26.5. The van der Waals surface area contributed by atoms with Gasteiger partial charge in [-0.3, -0.25) is 0 Å². The van der Waals surface area contributed by atoms with Gasteiger partial charge in [-0.1, -0.05) is 6.92 Å². The van der Waals surface area contributed by atoms with Crippen LogP contribution in [0.15, 0.2) is 6.33 Å². The van der Waals surface area contributed by atoms with Crippen LogP contribution < -0.4 is 5.32 Å². The van der Waals surface area contributed by atoms with E-state index >= 15 is 0 Å². The topological polar surface area (TPSA) is 72.3 Å². The fourth-order valence-corrected chi connectivity index (χ4v) is 3.84. The molecule has 0 unspecified atom stereocenters. The molecule has 1 aliphatic heterocycles. The first-order valence-corrected chi connectivity index (χ1v) is 8.67. The number of ether oxygens (including phenoxy) is 1. The summed E-state index contributed by atoms with van der Waals surface area (Å²) in [4.78, 5) is 14.3. The molecule has 0 aromatic carbocycles. The van der Waals surface area contributed by atoms with Gasteiger partial charge < -0.3 is 19.5 Å². The van der Waals surface area contributed by atoms with Gasteiger partial charge in [-0.2, -0.15) is 0 Å². The first-order chi connectivity index (χ1) is 11.2. The summed E-state index contributed by atoms with van der Waals surface area (Å²) in [6, 6.07) is 0.0489. The van der Waals surface area contributed by atoms with E-state index in [4.69, 9.17) is 4.74 Å². The van der Waals surface area contributed by atoms with Crippen LogP contribution in [-0.4, -0.2) is 58.0 Å². The van der Waals surface area contributed by atoms with Crippen LogP contribution >= 0.6 is 0 Å². The minimum atomic E-state index is 0.0489. The predicted molar refractivity (Wildman–Crippen MR) is 86.1 cm³/mol. The van der Waals surface area contributed by atoms with E-state index in [2.05, 4.69) is 22.4 Å². The number of rotatable bonds is 6. The summed E-state index contributed by atoms with van der Waals surface area (Å²) < 4.78 is 7.65. The van der Waals surface area contributed by atoms with Crippen molar-refractivity contribution >= 4 is 6.03 Å². The maximum Gasteiger partial charge on any atom is 0.317 e. The van der Waals surface area contributed by atoms with Crippen LogP contribution in [0.2, 0.25) is 0 Å². The Morgan fingerprint density at radius 2 is 2.30 bits per heavy atom. The molecule has 2 fully saturated rings. The molecule has 1 spiro atoms. The lowest BCUT2D eigenvalue weighted by atomic mass is 9.66. The zero-order chi connectivity index (χ0) is 16.3. The molecule has 1 aromatic heterocycles. The highest BCUT2D eigenvalue weighted by Gasteiger charge is 2.49. The number of carbonyl (C=O) groups excluding carboxylic acids is 1. The lowest BCUT2D eigenvalue weighted by molar-refractivity contribution is -0.0704. The minimum Gasteiger partial charge on any atom is -0.378 e. The van der Waals surface area contributed by atoms with E-state index in [-0.39, 0.29) is 6.03 Å². The molecule has 0 bridgehead atoms. The first kappa shape index (κ1) is 16.2. The van der Waals surface area contributed by atoms with Gasteiger partial charge in [0.05, 0.1) is 6.10 Å². The first-order valence-electron chi connectivity index (χ1n) is 8.67. The van der Waals surface area contributed by atoms with Crippen molar-refractivity contribution < 1.29 is 9.53 Å². The van der Waals surface area contributed by atoms with E-state index in [9.17, 15) is 4.79 Å². The third-order valence-corrected chi connectivity index (χ3v) is 5.09. The van der Waals surface area contributed by atoms with Crippen molar-refractivity contribution in [3.8, 4) is 0 Å². The maximum atomic E-state index is 12.3. The standard InChI is InChI=1S/C16H27N5O2/c1-3-14-19-18-12-21(14)8-6-17-15(22)20-7-5-16(11-20)9-13(10-16)23-4-2/h12-13H,3-11H2,1-2H3,(H,17,22). The summed E-state index contributed by atoms with van der Waals surface area (Å²) in [7, 11) is 0. The van der Waals surface area contributed by atoms with Crippen molar-refractivity contribution in [1.29, 1.82) is 0 Å². The second kappa shape index (κ2) is 6.86. The number of likely N-dealkylation sites (tertiary alicyclic amines) is 1. The summed E-state index contributed by atoms with van der Waals surface area (Å²) in [6.07, 6.45) is 6.29. The van der Waals surface area contributed by atoms with Crippen molar-refractivity contribution in [3.05, 3.63) is 12.2 Å². The summed E-state index contributed by atoms with van der Waals surface area (Å²) in [5, 5.41) is 11.0. The molecule has 1 aromatic rings. The predicted octanol–water partition coefficient (Wildman–Crippen LogP) is 1.44. The van der Waals surface area contributed by atoms with Crippen LogP contribution in [0.4, 0.5) is 4.79 Å². The van der Waals surface area contributed by atoms with Gasteiger partial charge in [0.1, 0.15) is 12.2 Å². The molecule has 3 rings (SSSR count). The fourth-order valence-electron chi connectivity index (χ4n) is 3.84. The third kappa shape index (κ3) is 3.49. The molecular weight excluding hydrogens is 294 g/mol. The molecule has 2 aliphatic rings. The van der Waals surface area contributed by atoms with E-state index in [0.29, 0.717) is 24.6 Å². The highest BCUT2D eigenvalue weighted by molar-refractivity contribution is 5.74. The van der Waals surface area contributed by atoms with Gasteiger partial charge in [0.25, 0.3) is 0 Å². The van der Waals surface area contributed by atoms with Crippen molar-refractivity contribution in [2.45, 2.75) is 52.2 Å². The van der Waals surface area contributed by atoms with Crippen molar-refractivity contribution in [1.82, 2.24) is 25.0 Å². The summed E-state index contributed by atoms with van der Waals surface area (Å²) in [5.41, 5.74) is 0.320. The van der Waals surface area contributed by atoms with Crippen LogP contribution in [0.3, 0.4) is 0 Å². The largest absolute Gasteiger partial charge is 0.378 e. The van der Waals surface area contributed by atoms with Gasteiger partial charge in [0.2, 0.25) is 0 Å². The number of urea groups is 1. The number of amides is 2. The highest BCUT2D eigenvalue weighted by Crippen LogP contribution is 2.49. The van der Waals surface area contributed by atoms with E-state index in [1.807, 2.05) is 16.4 Å². The minimum absolute atomic E-state index is 0.0489. The molecule has 7 nitrogen and oxygen atoms in total. The van der Waals surface area contributed by atoms with E-state index in [0.717, 1.165) is 51.2 Å². The summed E-state index contributed by atoms with van der Waals surface area (Å²) >= 11 is 0. The lowest BCUT2D eigenvalue weighted by Crippen LogP contribution is -2.46. The molecule has 2 heterocycles. The maximum absolute atomic E-state index is 12.3. The third-order valence-electron chi connectivity index (χ3n) is 5.09. The number of aromatic nitrogens is 3. The molecule has 2 amide bonds. The Morgan fingerprint density at radius 1 is 1.48 bits per heavy atom. The van der Waals surface area contributed by atoms with Crippen molar-refractivity contribution in [3.63, 3.8) is 0 Å². The summed E-state index contributed by atoms with van der Waals surface area (Å²) in [6.45, 7) is 7.93. The number of carbonyl (C=O) groups is 1. The Morgan fingerprint density at radius 3 is 3.04 bits per heavy atom. The van der Waals surface area contributed by atoms with Crippen LogP contribution in [0, 0.1) is 5.41 Å². The average Bonchev–Trinajstić information content (AvgIpc) is 3.13. The van der Waals surface area contributed by atoms with Crippen molar-refractivity contribution in [2.24, 2.45) is 5.41 Å². The molecule has 1 N–H and O–H groups in total. The number of nitrogens with one attached hydrogen (secondary N) is 1. The zero-order valence-corrected chi connectivity index (χ0v) is 14.1. The number of nitrogens with zero attached hydrogens (tertiary/aromatic N) is 4. The SMILES string of the molecule is CCOC1CC2(CCN(C(=O)NCCn3cnnc3CC)C2)C1. The number of hydrogen-bond donors (Lipinski definition) is 1. The van der Waals surface area contributed by atoms with Gasteiger partial charge in [0, 0.05) is 39.2 Å². The van der Waals surface area contributed by atoms with E-state index < -0.39 is 0 Å². The molecule has 1 saturated heterocycles. The van der Waals surface area contributed by atoms with Crippen LogP contribution in [-0.2, 0) is 17.7 Å². The number of hydrogen-bond acceptors (Lipinski definition) is 4. The molecule has 0 radical (unpaired) electrons. The van der Waals surface area contributed by atoms with Gasteiger partial charge in [-0.05, 0) is 31.6 Å². The molecule has 1 saturated carbocycles. The van der Waals surface area contributed by atoms with Gasteiger partial charge in [-0.25, -0.2) is 4.79 Å². The van der Waals surface area contributed by atoms with Crippen LogP contribution in [0.1, 0.15) is 38.9 Å². The van der Waals surface area contributed by atoms with E-state index in [1.54, 1.807) is 6.33 Å². The fraction of sp³-hybridized carbons (Fsp3) is 0.812. The Bertz CT molecular complexity index is 538. The van der Waals surface area contributed by atoms with Gasteiger partial charge in [0.15, 0.2) is 0 Å². The average molecular weight is 321 g/mol. The molecule has 7 heteroatoms. The van der Waals surface area contributed by atoms with Gasteiger partial charge >= 0.3 is 6.03 Å². The van der Waals surface area contributed by atoms with Crippen LogP contribution in [0.5, 0.6) is 0 Å². The molecule has 0 atom stereocenters. The quantitative estimate of drug-likeness (QED) is 0.860. The second-order valence-electron chi connectivity index (χ2n) is 6.68. The van der Waals surface area contributed by atoms with Crippen molar-refractivity contribution in [2.75, 3.05) is 26.2 Å². The Hall–Kier alpha value is -1.63. The number of aryl methyl sites for hydroxylation is 1. The molecular formula is C16H27N5O2. The van der Waals surface area contributed by atoms with Gasteiger partial charge in [-0.15, -0.1) is 10.2 Å². The Balaban J connectivity index is 1.40. The summed E-state index contributed by atoms with van der Waals surface area (Å²) in [5.74, 6) is 0.954. The highest BCUT2D eigenvalue weighted by atomic mass is 16.5. The zero-order valence-electron chi connectivity index (χ0n) is 14.1. The Kier molecular flexibility index (Phi) is 4.84. The van der Waals surface area contributed by atoms with Crippen LogP contribution in [0.25, 0.3) is 0 Å².